The molecule has 1 aliphatic heterocycles. The number of nitrogens with zero attached hydrogens (tertiary/aromatic N) is 2. The van der Waals surface area contributed by atoms with Crippen LogP contribution in [-0.2, 0) is 0 Å². The lowest BCUT2D eigenvalue weighted by Gasteiger charge is -2.29. The first-order chi connectivity index (χ1) is 9.00. The van der Waals surface area contributed by atoms with Crippen molar-refractivity contribution in [1.82, 2.24) is 9.55 Å². The van der Waals surface area contributed by atoms with Crippen molar-refractivity contribution < 1.29 is 9.84 Å². The smallest absolute Gasteiger partial charge is 0.128 e. The fourth-order valence-electron chi connectivity index (χ4n) is 2.85. The van der Waals surface area contributed by atoms with E-state index in [9.17, 15) is 5.11 Å². The number of hydrogen-bond acceptors (Lipinski definition) is 3. The molecule has 0 aliphatic carbocycles. The Hall–Kier alpha value is -1.81. The molecule has 19 heavy (non-hydrogen) atoms. The van der Waals surface area contributed by atoms with E-state index in [4.69, 9.17) is 4.74 Å². The number of para-hydroxylation sites is 1. The SMILES string of the molecule is CC(O)c1cncn1C1c2ccccc2OC1(C)C. The Balaban J connectivity index is 2.15. The van der Waals surface area contributed by atoms with Gasteiger partial charge < -0.3 is 14.4 Å². The van der Waals surface area contributed by atoms with Gasteiger partial charge in [0.15, 0.2) is 0 Å². The first kappa shape index (κ1) is 12.2. The highest BCUT2D eigenvalue weighted by Crippen LogP contribution is 2.45. The van der Waals surface area contributed by atoms with Crippen molar-refractivity contribution in [3.8, 4) is 5.75 Å². The van der Waals surface area contributed by atoms with Crippen molar-refractivity contribution in [2.24, 2.45) is 0 Å². The van der Waals surface area contributed by atoms with E-state index < -0.39 is 6.10 Å². The molecule has 2 unspecified atom stereocenters. The monoisotopic (exact) mass is 258 g/mol. The van der Waals surface area contributed by atoms with E-state index in [2.05, 4.69) is 24.9 Å². The van der Waals surface area contributed by atoms with Crippen LogP contribution in [-0.4, -0.2) is 20.3 Å². The van der Waals surface area contributed by atoms with Gasteiger partial charge in [-0.1, -0.05) is 18.2 Å². The predicted molar refractivity (Wildman–Crippen MR) is 72.1 cm³/mol. The summed E-state index contributed by atoms with van der Waals surface area (Å²) in [5.74, 6) is 0.905. The van der Waals surface area contributed by atoms with Crippen LogP contribution >= 0.6 is 0 Å². The molecule has 1 aromatic carbocycles. The maximum atomic E-state index is 9.87. The Bertz CT molecular complexity index is 602. The minimum Gasteiger partial charge on any atom is -0.485 e. The first-order valence-electron chi connectivity index (χ1n) is 6.48. The molecule has 4 heteroatoms. The van der Waals surface area contributed by atoms with E-state index in [0.29, 0.717) is 0 Å². The second kappa shape index (κ2) is 4.10. The first-order valence-corrected chi connectivity index (χ1v) is 6.48. The third kappa shape index (κ3) is 1.83. The fraction of sp³-hybridized carbons (Fsp3) is 0.400. The third-order valence-electron chi connectivity index (χ3n) is 3.65. The number of rotatable bonds is 2. The topological polar surface area (TPSA) is 47.3 Å². The van der Waals surface area contributed by atoms with Gasteiger partial charge in [-0.15, -0.1) is 0 Å². The fourth-order valence-corrected chi connectivity index (χ4v) is 2.85. The molecule has 2 atom stereocenters. The summed E-state index contributed by atoms with van der Waals surface area (Å²) < 4.78 is 8.05. The molecule has 2 aromatic rings. The Morgan fingerprint density at radius 1 is 1.37 bits per heavy atom. The van der Waals surface area contributed by atoms with E-state index in [-0.39, 0.29) is 11.6 Å². The van der Waals surface area contributed by atoms with Gasteiger partial charge >= 0.3 is 0 Å². The highest BCUT2D eigenvalue weighted by molar-refractivity contribution is 5.43. The average molecular weight is 258 g/mol. The minimum absolute atomic E-state index is 0.0239. The normalized spacial score (nSPS) is 21.8. The molecule has 1 aliphatic rings. The lowest BCUT2D eigenvalue weighted by molar-refractivity contribution is 0.0931. The maximum Gasteiger partial charge on any atom is 0.128 e. The maximum absolute atomic E-state index is 9.87. The van der Waals surface area contributed by atoms with Gasteiger partial charge in [-0.05, 0) is 26.8 Å². The Labute approximate surface area is 112 Å². The third-order valence-corrected chi connectivity index (χ3v) is 3.65. The summed E-state index contributed by atoms with van der Waals surface area (Å²) in [5, 5.41) is 9.87. The number of aromatic nitrogens is 2. The number of fused-ring (bicyclic) bond motifs is 1. The van der Waals surface area contributed by atoms with Gasteiger partial charge in [-0.2, -0.15) is 0 Å². The number of ether oxygens (including phenoxy) is 1. The zero-order valence-corrected chi connectivity index (χ0v) is 11.4. The summed E-state index contributed by atoms with van der Waals surface area (Å²) in [5.41, 5.74) is 1.57. The van der Waals surface area contributed by atoms with Crippen LogP contribution in [0, 0.1) is 0 Å². The van der Waals surface area contributed by atoms with Crippen molar-refractivity contribution in [1.29, 1.82) is 0 Å². The van der Waals surface area contributed by atoms with Crippen LogP contribution in [0.1, 0.15) is 44.2 Å². The van der Waals surface area contributed by atoms with E-state index in [0.717, 1.165) is 17.0 Å². The number of aliphatic hydroxyl groups excluding tert-OH is 1. The quantitative estimate of drug-likeness (QED) is 0.901. The van der Waals surface area contributed by atoms with Crippen LogP contribution in [0.3, 0.4) is 0 Å². The molecule has 0 fully saturated rings. The van der Waals surface area contributed by atoms with E-state index in [1.165, 1.54) is 0 Å². The van der Waals surface area contributed by atoms with Gasteiger partial charge in [0, 0.05) is 5.56 Å². The Morgan fingerprint density at radius 2 is 2.11 bits per heavy atom. The van der Waals surface area contributed by atoms with E-state index in [1.54, 1.807) is 19.4 Å². The van der Waals surface area contributed by atoms with E-state index in [1.807, 2.05) is 22.8 Å². The molecule has 0 saturated heterocycles. The number of benzene rings is 1. The standard InChI is InChI=1S/C15H18N2O2/c1-10(18)12-8-16-9-17(12)14-11-6-4-5-7-13(11)19-15(14,2)3/h4-10,14,18H,1-3H3. The van der Waals surface area contributed by atoms with Gasteiger partial charge in [0.05, 0.1) is 24.3 Å². The second-order valence-corrected chi connectivity index (χ2v) is 5.55. The molecule has 0 bridgehead atoms. The molecule has 0 saturated carbocycles. The van der Waals surface area contributed by atoms with E-state index >= 15 is 0 Å². The lowest BCUT2D eigenvalue weighted by atomic mass is 9.94. The predicted octanol–water partition coefficient (Wildman–Crippen LogP) is 2.70. The Morgan fingerprint density at radius 3 is 2.84 bits per heavy atom. The highest BCUT2D eigenvalue weighted by atomic mass is 16.5. The molecule has 0 spiro atoms. The Kier molecular flexibility index (Phi) is 2.64. The summed E-state index contributed by atoms with van der Waals surface area (Å²) in [4.78, 5) is 4.17. The molecule has 1 N–H and O–H groups in total. The molecule has 0 amide bonds. The lowest BCUT2D eigenvalue weighted by Crippen LogP contribution is -2.35. The van der Waals surface area contributed by atoms with Crippen LogP contribution in [0.2, 0.25) is 0 Å². The van der Waals surface area contributed by atoms with Crippen LogP contribution in [0.4, 0.5) is 0 Å². The molecular formula is C15H18N2O2. The second-order valence-electron chi connectivity index (χ2n) is 5.55. The molecule has 1 aromatic heterocycles. The van der Waals surface area contributed by atoms with Crippen molar-refractivity contribution in [2.75, 3.05) is 0 Å². The summed E-state index contributed by atoms with van der Waals surface area (Å²) in [6.45, 7) is 5.87. The van der Waals surface area contributed by atoms with Gasteiger partial charge in [-0.3, -0.25) is 0 Å². The van der Waals surface area contributed by atoms with Crippen LogP contribution in [0.25, 0.3) is 0 Å². The zero-order valence-electron chi connectivity index (χ0n) is 11.4. The van der Waals surface area contributed by atoms with Crippen LogP contribution in [0.5, 0.6) is 5.75 Å². The largest absolute Gasteiger partial charge is 0.485 e. The number of hydrogen-bond donors (Lipinski definition) is 1. The summed E-state index contributed by atoms with van der Waals surface area (Å²) >= 11 is 0. The van der Waals surface area contributed by atoms with Crippen molar-refractivity contribution in [2.45, 2.75) is 38.5 Å². The van der Waals surface area contributed by atoms with Crippen molar-refractivity contribution in [3.63, 3.8) is 0 Å². The van der Waals surface area contributed by atoms with Crippen molar-refractivity contribution >= 4 is 0 Å². The molecule has 0 radical (unpaired) electrons. The van der Waals surface area contributed by atoms with Crippen LogP contribution < -0.4 is 4.74 Å². The summed E-state index contributed by atoms with van der Waals surface area (Å²) in [7, 11) is 0. The van der Waals surface area contributed by atoms with Crippen molar-refractivity contribution in [3.05, 3.63) is 48.0 Å². The van der Waals surface area contributed by atoms with Crippen LogP contribution in [0.15, 0.2) is 36.8 Å². The van der Waals surface area contributed by atoms with Gasteiger partial charge in [0.2, 0.25) is 0 Å². The minimum atomic E-state index is -0.550. The number of aliphatic hydroxyl groups is 1. The molecule has 100 valence electrons. The molecule has 2 heterocycles. The summed E-state index contributed by atoms with van der Waals surface area (Å²) in [6.07, 6.45) is 2.92. The van der Waals surface area contributed by atoms with Gasteiger partial charge in [0.1, 0.15) is 17.4 Å². The summed E-state index contributed by atoms with van der Waals surface area (Å²) in [6, 6.07) is 8.06. The number of imidazole rings is 1. The molecule has 4 nitrogen and oxygen atoms in total. The molecule has 3 rings (SSSR count). The molecular weight excluding hydrogens is 240 g/mol. The highest BCUT2D eigenvalue weighted by Gasteiger charge is 2.43. The van der Waals surface area contributed by atoms with Gasteiger partial charge in [-0.25, -0.2) is 4.98 Å². The average Bonchev–Trinajstić information content (AvgIpc) is 2.88. The van der Waals surface area contributed by atoms with Gasteiger partial charge in [0.25, 0.3) is 0 Å². The zero-order chi connectivity index (χ0) is 13.6.